The molecule has 0 saturated heterocycles. The van der Waals surface area contributed by atoms with E-state index >= 15 is 0 Å². The fourth-order valence-corrected chi connectivity index (χ4v) is 3.00. The van der Waals surface area contributed by atoms with Crippen LogP contribution in [0, 0.1) is 0 Å². The smallest absolute Gasteiger partial charge is 0.320 e. The van der Waals surface area contributed by atoms with Crippen LogP contribution in [0.25, 0.3) is 10.6 Å². The van der Waals surface area contributed by atoms with Crippen molar-refractivity contribution in [3.8, 4) is 10.6 Å². The summed E-state index contributed by atoms with van der Waals surface area (Å²) in [7, 11) is 0. The fourth-order valence-electron chi connectivity index (χ4n) is 1.70. The van der Waals surface area contributed by atoms with Crippen LogP contribution in [0.15, 0.2) is 51.6 Å². The van der Waals surface area contributed by atoms with Gasteiger partial charge in [-0.25, -0.2) is 4.79 Å². The number of anilines is 1. The second kappa shape index (κ2) is 5.94. The van der Waals surface area contributed by atoms with Crippen LogP contribution in [0.4, 0.5) is 9.80 Å². The number of furan rings is 1. The van der Waals surface area contributed by atoms with Gasteiger partial charge in [0.05, 0.1) is 16.4 Å². The van der Waals surface area contributed by atoms with Gasteiger partial charge in [-0.2, -0.15) is 0 Å². The summed E-state index contributed by atoms with van der Waals surface area (Å²) >= 11 is 3.11. The largest absolute Gasteiger partial charge is 0.458 e. The van der Waals surface area contributed by atoms with Crippen molar-refractivity contribution in [2.24, 2.45) is 0 Å². The van der Waals surface area contributed by atoms with Crippen molar-refractivity contribution >= 4 is 33.7 Å². The average molecular weight is 304 g/mol. The molecule has 0 atom stereocenters. The zero-order valence-corrected chi connectivity index (χ0v) is 12.1. The molecule has 0 aliphatic carbocycles. The summed E-state index contributed by atoms with van der Waals surface area (Å²) in [6.07, 6.45) is 0. The maximum absolute atomic E-state index is 11.7. The Labute approximate surface area is 124 Å². The van der Waals surface area contributed by atoms with Crippen LogP contribution in [-0.4, -0.2) is 6.03 Å². The van der Waals surface area contributed by atoms with Gasteiger partial charge in [0, 0.05) is 0 Å². The van der Waals surface area contributed by atoms with Crippen molar-refractivity contribution in [1.29, 1.82) is 0 Å². The summed E-state index contributed by atoms with van der Waals surface area (Å²) < 4.78 is 5.68. The van der Waals surface area contributed by atoms with E-state index in [1.165, 1.54) is 11.3 Å². The summed E-state index contributed by atoms with van der Waals surface area (Å²) in [5.74, 6) is 1.56. The third kappa shape index (κ3) is 3.09. The van der Waals surface area contributed by atoms with Crippen molar-refractivity contribution in [2.75, 3.05) is 5.32 Å². The number of urea groups is 1. The van der Waals surface area contributed by atoms with Gasteiger partial charge in [0.25, 0.3) is 0 Å². The first-order valence-corrected chi connectivity index (χ1v) is 7.78. The van der Waals surface area contributed by atoms with E-state index in [0.29, 0.717) is 6.54 Å². The second-order valence-corrected chi connectivity index (χ2v) is 5.92. The molecule has 20 heavy (non-hydrogen) atoms. The molecule has 0 aliphatic heterocycles. The van der Waals surface area contributed by atoms with Gasteiger partial charge in [0.15, 0.2) is 0 Å². The Balaban J connectivity index is 1.55. The minimum atomic E-state index is -0.235. The fraction of sp³-hybridized carbons (Fsp3) is 0.0714. The Kier molecular flexibility index (Phi) is 3.85. The van der Waals surface area contributed by atoms with Crippen LogP contribution in [0.5, 0.6) is 0 Å². The molecule has 3 heterocycles. The highest BCUT2D eigenvalue weighted by Gasteiger charge is 2.07. The van der Waals surface area contributed by atoms with Gasteiger partial charge in [-0.15, -0.1) is 22.7 Å². The van der Waals surface area contributed by atoms with Gasteiger partial charge in [-0.1, -0.05) is 6.07 Å². The number of amides is 2. The van der Waals surface area contributed by atoms with Crippen LogP contribution in [-0.2, 0) is 6.54 Å². The Morgan fingerprint density at radius 3 is 2.70 bits per heavy atom. The first-order chi connectivity index (χ1) is 9.81. The van der Waals surface area contributed by atoms with Crippen molar-refractivity contribution in [3.63, 3.8) is 0 Å². The van der Waals surface area contributed by atoms with E-state index in [4.69, 9.17) is 4.42 Å². The summed E-state index contributed by atoms with van der Waals surface area (Å²) in [5, 5.41) is 10.3. The number of rotatable bonds is 4. The van der Waals surface area contributed by atoms with E-state index in [0.717, 1.165) is 21.4 Å². The highest BCUT2D eigenvalue weighted by atomic mass is 32.1. The lowest BCUT2D eigenvalue weighted by Crippen LogP contribution is -2.27. The Morgan fingerprint density at radius 2 is 1.95 bits per heavy atom. The number of hydrogen-bond acceptors (Lipinski definition) is 4. The van der Waals surface area contributed by atoms with Crippen LogP contribution >= 0.6 is 22.7 Å². The number of thiophene rings is 2. The Bertz CT molecular complexity index is 672. The molecule has 0 aliphatic rings. The molecule has 3 aromatic rings. The first kappa shape index (κ1) is 13.0. The minimum absolute atomic E-state index is 0.235. The van der Waals surface area contributed by atoms with Crippen molar-refractivity contribution in [2.45, 2.75) is 6.54 Å². The molecule has 2 N–H and O–H groups in total. The minimum Gasteiger partial charge on any atom is -0.458 e. The summed E-state index contributed by atoms with van der Waals surface area (Å²) in [6.45, 7) is 0.364. The van der Waals surface area contributed by atoms with E-state index in [2.05, 4.69) is 10.6 Å². The maximum Gasteiger partial charge on any atom is 0.320 e. The lowest BCUT2D eigenvalue weighted by Gasteiger charge is -2.03. The van der Waals surface area contributed by atoms with Crippen molar-refractivity contribution < 1.29 is 9.21 Å². The third-order valence-electron chi connectivity index (χ3n) is 2.61. The van der Waals surface area contributed by atoms with Gasteiger partial charge < -0.3 is 9.73 Å². The van der Waals surface area contributed by atoms with Gasteiger partial charge in [0.1, 0.15) is 11.5 Å². The Morgan fingerprint density at radius 1 is 1.10 bits per heavy atom. The zero-order valence-electron chi connectivity index (χ0n) is 10.5. The molecule has 3 aromatic heterocycles. The van der Waals surface area contributed by atoms with Gasteiger partial charge in [-0.05, 0) is 41.1 Å². The molecule has 0 radical (unpaired) electrons. The van der Waals surface area contributed by atoms with Crippen LogP contribution in [0.2, 0.25) is 0 Å². The quantitative estimate of drug-likeness (QED) is 0.751. The number of hydrogen-bond donors (Lipinski definition) is 2. The third-order valence-corrected chi connectivity index (χ3v) is 4.28. The molecule has 0 aromatic carbocycles. The summed E-state index contributed by atoms with van der Waals surface area (Å²) in [6, 6.07) is 11.3. The van der Waals surface area contributed by atoms with E-state index in [9.17, 15) is 4.79 Å². The van der Waals surface area contributed by atoms with Gasteiger partial charge in [-0.3, -0.25) is 5.32 Å². The molecule has 6 heteroatoms. The molecular formula is C14H12N2O2S2. The van der Waals surface area contributed by atoms with E-state index in [1.54, 1.807) is 11.3 Å². The first-order valence-electron chi connectivity index (χ1n) is 6.02. The normalized spacial score (nSPS) is 10.4. The number of nitrogens with one attached hydrogen (secondary N) is 2. The molecule has 4 nitrogen and oxygen atoms in total. The molecule has 3 rings (SSSR count). The topological polar surface area (TPSA) is 54.3 Å². The highest BCUT2D eigenvalue weighted by molar-refractivity contribution is 7.14. The maximum atomic E-state index is 11.7. The van der Waals surface area contributed by atoms with Crippen LogP contribution < -0.4 is 10.6 Å². The van der Waals surface area contributed by atoms with E-state index in [-0.39, 0.29) is 6.03 Å². The molecule has 2 amide bonds. The molecule has 0 unspecified atom stereocenters. The summed E-state index contributed by atoms with van der Waals surface area (Å²) in [5.41, 5.74) is 0. The molecular weight excluding hydrogens is 292 g/mol. The SMILES string of the molecule is O=C(NCc1ccc(-c2cccs2)o1)Nc1cccs1. The molecule has 0 spiro atoms. The number of carbonyl (C=O) groups is 1. The predicted octanol–water partition coefficient (Wildman–Crippen LogP) is 4.39. The number of carbonyl (C=O) groups excluding carboxylic acids is 1. The second-order valence-electron chi connectivity index (χ2n) is 4.03. The van der Waals surface area contributed by atoms with Crippen LogP contribution in [0.1, 0.15) is 5.76 Å². The predicted molar refractivity (Wildman–Crippen MR) is 82.2 cm³/mol. The monoisotopic (exact) mass is 304 g/mol. The van der Waals surface area contributed by atoms with Gasteiger partial charge >= 0.3 is 6.03 Å². The summed E-state index contributed by atoms with van der Waals surface area (Å²) in [4.78, 5) is 12.7. The zero-order chi connectivity index (χ0) is 13.8. The molecule has 0 fully saturated rings. The van der Waals surface area contributed by atoms with Crippen LogP contribution in [0.3, 0.4) is 0 Å². The highest BCUT2D eigenvalue weighted by Crippen LogP contribution is 2.26. The molecule has 0 saturated carbocycles. The van der Waals surface area contributed by atoms with E-state index < -0.39 is 0 Å². The van der Waals surface area contributed by atoms with Crippen molar-refractivity contribution in [1.82, 2.24) is 5.32 Å². The van der Waals surface area contributed by atoms with Gasteiger partial charge in [0.2, 0.25) is 0 Å². The molecule has 0 bridgehead atoms. The standard InChI is InChI=1S/C14H12N2O2S2/c17-14(16-13-4-2-8-20-13)15-9-10-5-6-11(18-10)12-3-1-7-19-12/h1-8H,9H2,(H2,15,16,17). The van der Waals surface area contributed by atoms with Crippen molar-refractivity contribution in [3.05, 3.63) is 52.9 Å². The average Bonchev–Trinajstić information content (AvgIpc) is 3.18. The lowest BCUT2D eigenvalue weighted by atomic mass is 10.3. The van der Waals surface area contributed by atoms with E-state index in [1.807, 2.05) is 47.2 Å². The Hall–Kier alpha value is -2.05. The lowest BCUT2D eigenvalue weighted by molar-refractivity contribution is 0.251. The molecule has 102 valence electrons.